The second kappa shape index (κ2) is 9.33. The molecule has 0 aliphatic rings. The van der Waals surface area contributed by atoms with Crippen LogP contribution in [0.2, 0.25) is 5.02 Å². The van der Waals surface area contributed by atoms with Gasteiger partial charge in [-0.1, -0.05) is 57.0 Å². The molecule has 0 aliphatic carbocycles. The zero-order chi connectivity index (χ0) is 19.2. The standard InChI is InChI=1S/C21H31ClN4/c1-6-11-16-14-19(23-15-21(4,5)26(7-2)8-3)24-25-20(16)17-12-9-10-13-18(17)22/h9-10,12-14H,6-8,11,15H2,1-5H3,(H,23,24). The van der Waals surface area contributed by atoms with Gasteiger partial charge in [0.1, 0.15) is 5.82 Å². The smallest absolute Gasteiger partial charge is 0.149 e. The Labute approximate surface area is 163 Å². The Bertz CT molecular complexity index is 711. The van der Waals surface area contributed by atoms with Crippen molar-refractivity contribution >= 4 is 17.4 Å². The molecular formula is C21H31ClN4. The Morgan fingerprint density at radius 2 is 1.77 bits per heavy atom. The third-order valence-electron chi connectivity index (χ3n) is 4.84. The molecule has 2 aromatic rings. The maximum absolute atomic E-state index is 6.37. The van der Waals surface area contributed by atoms with E-state index in [1.54, 1.807) is 0 Å². The van der Waals surface area contributed by atoms with Gasteiger partial charge >= 0.3 is 0 Å². The summed E-state index contributed by atoms with van der Waals surface area (Å²) in [6, 6.07) is 9.93. The van der Waals surface area contributed by atoms with Crippen LogP contribution in [0.4, 0.5) is 5.82 Å². The number of likely N-dealkylation sites (N-methyl/N-ethyl adjacent to an activating group) is 1. The highest BCUT2D eigenvalue weighted by atomic mass is 35.5. The van der Waals surface area contributed by atoms with Crippen molar-refractivity contribution in [3.05, 3.63) is 40.9 Å². The number of hydrogen-bond acceptors (Lipinski definition) is 4. The van der Waals surface area contributed by atoms with Crippen molar-refractivity contribution in [3.8, 4) is 11.3 Å². The van der Waals surface area contributed by atoms with E-state index in [4.69, 9.17) is 11.6 Å². The maximum Gasteiger partial charge on any atom is 0.149 e. The summed E-state index contributed by atoms with van der Waals surface area (Å²) < 4.78 is 0. The van der Waals surface area contributed by atoms with Gasteiger partial charge in [0.05, 0.1) is 10.7 Å². The van der Waals surface area contributed by atoms with Gasteiger partial charge in [0.15, 0.2) is 0 Å². The second-order valence-corrected chi connectivity index (χ2v) is 7.58. The monoisotopic (exact) mass is 374 g/mol. The van der Waals surface area contributed by atoms with Crippen LogP contribution in [-0.4, -0.2) is 40.3 Å². The molecule has 1 aromatic carbocycles. The summed E-state index contributed by atoms with van der Waals surface area (Å²) in [6.45, 7) is 14.0. The molecule has 1 heterocycles. The quantitative estimate of drug-likeness (QED) is 0.648. The van der Waals surface area contributed by atoms with Crippen LogP contribution in [-0.2, 0) is 6.42 Å². The summed E-state index contributed by atoms with van der Waals surface area (Å²) in [7, 11) is 0. The molecule has 26 heavy (non-hydrogen) atoms. The lowest BCUT2D eigenvalue weighted by Crippen LogP contribution is -2.48. The molecule has 0 radical (unpaired) electrons. The summed E-state index contributed by atoms with van der Waals surface area (Å²) in [5, 5.41) is 13.1. The summed E-state index contributed by atoms with van der Waals surface area (Å²) >= 11 is 6.37. The Balaban J connectivity index is 2.24. The van der Waals surface area contributed by atoms with Crippen LogP contribution in [0, 0.1) is 0 Å². The van der Waals surface area contributed by atoms with Gasteiger partial charge in [0.25, 0.3) is 0 Å². The topological polar surface area (TPSA) is 41.0 Å². The van der Waals surface area contributed by atoms with Gasteiger partial charge in [-0.3, -0.25) is 4.90 Å². The van der Waals surface area contributed by atoms with Crippen molar-refractivity contribution in [2.75, 3.05) is 25.0 Å². The van der Waals surface area contributed by atoms with E-state index in [0.717, 1.165) is 49.6 Å². The Morgan fingerprint density at radius 3 is 2.38 bits per heavy atom. The number of benzene rings is 1. The van der Waals surface area contributed by atoms with Gasteiger partial charge in [-0.25, -0.2) is 0 Å². The average Bonchev–Trinajstić information content (AvgIpc) is 2.62. The van der Waals surface area contributed by atoms with E-state index in [-0.39, 0.29) is 5.54 Å². The number of aromatic nitrogens is 2. The predicted molar refractivity (Wildman–Crippen MR) is 112 cm³/mol. The molecule has 1 aromatic heterocycles. The molecule has 0 saturated heterocycles. The van der Waals surface area contributed by atoms with Crippen molar-refractivity contribution in [1.29, 1.82) is 0 Å². The van der Waals surface area contributed by atoms with Crippen LogP contribution < -0.4 is 5.32 Å². The minimum atomic E-state index is 0.0531. The van der Waals surface area contributed by atoms with Gasteiger partial charge in [0.2, 0.25) is 0 Å². The highest BCUT2D eigenvalue weighted by Crippen LogP contribution is 2.30. The molecule has 1 N–H and O–H groups in total. The third kappa shape index (κ3) is 4.95. The van der Waals surface area contributed by atoms with Crippen molar-refractivity contribution in [2.24, 2.45) is 0 Å². The Morgan fingerprint density at radius 1 is 1.08 bits per heavy atom. The first-order chi connectivity index (χ1) is 12.4. The van der Waals surface area contributed by atoms with E-state index in [2.05, 4.69) is 61.1 Å². The minimum absolute atomic E-state index is 0.0531. The minimum Gasteiger partial charge on any atom is -0.367 e. The van der Waals surface area contributed by atoms with Crippen LogP contribution in [0.5, 0.6) is 0 Å². The molecule has 2 rings (SSSR count). The molecule has 0 amide bonds. The van der Waals surface area contributed by atoms with Crippen LogP contribution in [0.1, 0.15) is 46.6 Å². The number of halogens is 1. The molecular weight excluding hydrogens is 344 g/mol. The molecule has 0 saturated carbocycles. The lowest BCUT2D eigenvalue weighted by molar-refractivity contribution is 0.147. The molecule has 0 fully saturated rings. The SMILES string of the molecule is CCCc1cc(NCC(C)(C)N(CC)CC)nnc1-c1ccccc1Cl. The number of anilines is 1. The number of rotatable bonds is 9. The van der Waals surface area contributed by atoms with Crippen molar-refractivity contribution in [2.45, 2.75) is 53.0 Å². The Kier molecular flexibility index (Phi) is 7.42. The van der Waals surface area contributed by atoms with Crippen LogP contribution in [0.15, 0.2) is 30.3 Å². The molecule has 0 bridgehead atoms. The van der Waals surface area contributed by atoms with Gasteiger partial charge in [-0.2, -0.15) is 0 Å². The fourth-order valence-electron chi connectivity index (χ4n) is 3.36. The van der Waals surface area contributed by atoms with E-state index in [1.165, 1.54) is 5.56 Å². The maximum atomic E-state index is 6.37. The van der Waals surface area contributed by atoms with Gasteiger partial charge in [-0.05, 0) is 51.1 Å². The van der Waals surface area contributed by atoms with Crippen LogP contribution in [0.3, 0.4) is 0 Å². The van der Waals surface area contributed by atoms with E-state index in [0.29, 0.717) is 5.02 Å². The van der Waals surface area contributed by atoms with Crippen molar-refractivity contribution in [3.63, 3.8) is 0 Å². The van der Waals surface area contributed by atoms with Crippen molar-refractivity contribution < 1.29 is 0 Å². The van der Waals surface area contributed by atoms with Crippen LogP contribution in [0.25, 0.3) is 11.3 Å². The zero-order valence-electron chi connectivity index (χ0n) is 16.6. The van der Waals surface area contributed by atoms with Gasteiger partial charge in [-0.15, -0.1) is 10.2 Å². The highest BCUT2D eigenvalue weighted by Gasteiger charge is 2.24. The zero-order valence-corrected chi connectivity index (χ0v) is 17.4. The normalized spacial score (nSPS) is 11.8. The number of aryl methyl sites for hydroxylation is 1. The fraction of sp³-hybridized carbons (Fsp3) is 0.524. The average molecular weight is 375 g/mol. The summed E-state index contributed by atoms with van der Waals surface area (Å²) in [5.41, 5.74) is 3.06. The third-order valence-corrected chi connectivity index (χ3v) is 5.17. The molecule has 4 nitrogen and oxygen atoms in total. The van der Waals surface area contributed by atoms with E-state index in [1.807, 2.05) is 24.3 Å². The van der Waals surface area contributed by atoms with Gasteiger partial charge < -0.3 is 5.32 Å². The van der Waals surface area contributed by atoms with Crippen molar-refractivity contribution in [1.82, 2.24) is 15.1 Å². The molecule has 0 aliphatic heterocycles. The molecule has 0 atom stereocenters. The number of nitrogens with one attached hydrogen (secondary N) is 1. The lowest BCUT2D eigenvalue weighted by Gasteiger charge is -2.37. The van der Waals surface area contributed by atoms with Crippen LogP contribution >= 0.6 is 11.6 Å². The van der Waals surface area contributed by atoms with E-state index < -0.39 is 0 Å². The number of nitrogens with zero attached hydrogens (tertiary/aromatic N) is 3. The van der Waals surface area contributed by atoms with E-state index in [9.17, 15) is 0 Å². The fourth-order valence-corrected chi connectivity index (χ4v) is 3.58. The highest BCUT2D eigenvalue weighted by molar-refractivity contribution is 6.33. The van der Waals surface area contributed by atoms with E-state index >= 15 is 0 Å². The lowest BCUT2D eigenvalue weighted by atomic mass is 10.0. The molecule has 0 spiro atoms. The Hall–Kier alpha value is -1.65. The molecule has 142 valence electrons. The first-order valence-electron chi connectivity index (χ1n) is 9.53. The summed E-state index contributed by atoms with van der Waals surface area (Å²) in [4.78, 5) is 2.44. The summed E-state index contributed by atoms with van der Waals surface area (Å²) in [5.74, 6) is 0.824. The summed E-state index contributed by atoms with van der Waals surface area (Å²) in [6.07, 6.45) is 2.00. The predicted octanol–water partition coefficient (Wildman–Crippen LogP) is 5.28. The first-order valence-corrected chi connectivity index (χ1v) is 9.91. The number of hydrogen-bond donors (Lipinski definition) is 1. The molecule has 0 unspecified atom stereocenters. The largest absolute Gasteiger partial charge is 0.367 e. The first kappa shape index (κ1) is 20.7. The van der Waals surface area contributed by atoms with Gasteiger partial charge in [0, 0.05) is 17.6 Å². The second-order valence-electron chi connectivity index (χ2n) is 7.17. The molecule has 5 heteroatoms.